The molecule has 0 saturated carbocycles. The minimum Gasteiger partial charge on any atom is -0.493 e. The predicted octanol–water partition coefficient (Wildman–Crippen LogP) is 4.66. The number of para-hydroxylation sites is 1. The summed E-state index contributed by atoms with van der Waals surface area (Å²) >= 11 is 0. The lowest BCUT2D eigenvalue weighted by Gasteiger charge is -2.42. The Hall–Kier alpha value is -4.71. The Balaban J connectivity index is 1.60. The van der Waals surface area contributed by atoms with Gasteiger partial charge in [0.2, 0.25) is 5.96 Å². The average molecular weight is 499 g/mol. The van der Waals surface area contributed by atoms with Crippen LogP contribution in [0.2, 0.25) is 0 Å². The molecule has 0 radical (unpaired) electrons. The fraction of sp³-hybridized carbons (Fsp3) is 0.250. The number of nitrogens with zero attached hydrogens (tertiary/aromatic N) is 4. The van der Waals surface area contributed by atoms with Gasteiger partial charge in [-0.1, -0.05) is 48.5 Å². The Morgan fingerprint density at radius 3 is 2.43 bits per heavy atom. The molecule has 1 unspecified atom stereocenters. The number of benzene rings is 3. The molecule has 0 aliphatic carbocycles. The molecule has 0 spiro atoms. The van der Waals surface area contributed by atoms with Crippen molar-refractivity contribution in [1.29, 1.82) is 5.26 Å². The molecule has 3 aromatic carbocycles. The van der Waals surface area contributed by atoms with E-state index in [2.05, 4.69) is 10.6 Å². The highest BCUT2D eigenvalue weighted by Gasteiger charge is 2.33. The minimum atomic E-state index is -0.266. The summed E-state index contributed by atoms with van der Waals surface area (Å²) < 4.78 is 10.7. The van der Waals surface area contributed by atoms with Crippen LogP contribution >= 0.6 is 0 Å². The predicted molar refractivity (Wildman–Crippen MR) is 143 cm³/mol. The summed E-state index contributed by atoms with van der Waals surface area (Å²) in [5.74, 6) is 1.57. The van der Waals surface area contributed by atoms with Crippen LogP contribution in [0, 0.1) is 18.4 Å². The Kier molecular flexibility index (Phi) is 8.11. The number of amides is 2. The van der Waals surface area contributed by atoms with Crippen LogP contribution in [-0.4, -0.2) is 55.6 Å². The van der Waals surface area contributed by atoms with Gasteiger partial charge in [-0.05, 0) is 36.2 Å². The van der Waals surface area contributed by atoms with Crippen molar-refractivity contribution < 1.29 is 14.3 Å². The molecule has 9 nitrogen and oxygen atoms in total. The van der Waals surface area contributed by atoms with Crippen LogP contribution in [0.3, 0.4) is 0 Å². The zero-order valence-corrected chi connectivity index (χ0v) is 21.1. The number of carbonyl (C=O) groups is 1. The molecule has 1 heterocycles. The molecule has 0 bridgehead atoms. The molecular formula is C28H30N6O3. The number of anilines is 1. The summed E-state index contributed by atoms with van der Waals surface area (Å²) in [6.45, 7) is 3.37. The lowest BCUT2D eigenvalue weighted by Crippen LogP contribution is -2.55. The second kappa shape index (κ2) is 11.8. The smallest absolute Gasteiger partial charge is 0.322 e. The van der Waals surface area contributed by atoms with E-state index in [1.54, 1.807) is 37.3 Å². The zero-order chi connectivity index (χ0) is 26.2. The lowest BCUT2D eigenvalue weighted by atomic mass is 10.0. The van der Waals surface area contributed by atoms with Gasteiger partial charge in [0.05, 0.1) is 25.9 Å². The largest absolute Gasteiger partial charge is 0.493 e. The molecule has 1 aliphatic heterocycles. The number of aliphatic imine (C=N–C) groups is 1. The van der Waals surface area contributed by atoms with Gasteiger partial charge in [0, 0.05) is 31.4 Å². The fourth-order valence-corrected chi connectivity index (χ4v) is 4.32. The molecule has 1 fully saturated rings. The van der Waals surface area contributed by atoms with Crippen molar-refractivity contribution in [1.82, 2.24) is 15.1 Å². The van der Waals surface area contributed by atoms with Crippen molar-refractivity contribution in [2.24, 2.45) is 4.99 Å². The number of nitriles is 1. The number of carbonyl (C=O) groups excluding carboxylic acids is 1. The van der Waals surface area contributed by atoms with Crippen LogP contribution in [0.5, 0.6) is 11.5 Å². The Morgan fingerprint density at radius 2 is 1.73 bits per heavy atom. The molecule has 3 aromatic rings. The van der Waals surface area contributed by atoms with E-state index in [0.717, 1.165) is 16.8 Å². The third-order valence-corrected chi connectivity index (χ3v) is 6.27. The number of hydrogen-bond donors (Lipinski definition) is 2. The molecule has 2 N–H and O–H groups in total. The van der Waals surface area contributed by atoms with Gasteiger partial charge < -0.3 is 24.6 Å². The highest BCUT2D eigenvalue weighted by molar-refractivity contribution is 5.91. The Bertz CT molecular complexity index is 1300. The molecule has 1 aliphatic rings. The van der Waals surface area contributed by atoms with E-state index in [4.69, 9.17) is 14.5 Å². The van der Waals surface area contributed by atoms with Gasteiger partial charge in [-0.2, -0.15) is 5.26 Å². The third-order valence-electron chi connectivity index (χ3n) is 6.27. The Labute approximate surface area is 216 Å². The van der Waals surface area contributed by atoms with E-state index in [1.807, 2.05) is 72.6 Å². The van der Waals surface area contributed by atoms with E-state index >= 15 is 0 Å². The van der Waals surface area contributed by atoms with Crippen LogP contribution in [-0.2, 0) is 0 Å². The highest BCUT2D eigenvalue weighted by Crippen LogP contribution is 2.31. The van der Waals surface area contributed by atoms with Gasteiger partial charge in [0.25, 0.3) is 0 Å². The summed E-state index contributed by atoms with van der Waals surface area (Å²) in [4.78, 5) is 22.0. The summed E-state index contributed by atoms with van der Waals surface area (Å²) in [7, 11) is 3.12. The maximum atomic E-state index is 13.5. The van der Waals surface area contributed by atoms with E-state index in [-0.39, 0.29) is 12.1 Å². The van der Waals surface area contributed by atoms with E-state index < -0.39 is 0 Å². The second-order valence-electron chi connectivity index (χ2n) is 8.52. The van der Waals surface area contributed by atoms with Crippen molar-refractivity contribution in [3.63, 3.8) is 0 Å². The van der Waals surface area contributed by atoms with E-state index in [1.165, 1.54) is 0 Å². The number of hydrogen-bond acceptors (Lipinski definition) is 5. The van der Waals surface area contributed by atoms with Crippen LogP contribution in [0.1, 0.15) is 17.2 Å². The quantitative estimate of drug-likeness (QED) is 0.230. The molecule has 0 aromatic heterocycles. The van der Waals surface area contributed by atoms with Crippen molar-refractivity contribution in [3.8, 4) is 17.7 Å². The highest BCUT2D eigenvalue weighted by atomic mass is 16.5. The van der Waals surface area contributed by atoms with Gasteiger partial charge in [0.15, 0.2) is 17.7 Å². The first-order valence-corrected chi connectivity index (χ1v) is 11.9. The standard InChI is InChI=1S/C28H30N6O3/c1-20-9-7-8-12-23(20)32-27(30-19-29)33-15-16-34(24(18-33)21-10-5-4-6-11-21)28(35)31-22-13-14-25(36-2)26(17-22)37-3/h4-14,17,24H,15-16,18H2,1-3H3,(H,30,32)(H,31,35). The summed E-state index contributed by atoms with van der Waals surface area (Å²) in [6, 6.07) is 22.4. The second-order valence-corrected chi connectivity index (χ2v) is 8.52. The number of nitrogens with one attached hydrogen (secondary N) is 2. The summed E-state index contributed by atoms with van der Waals surface area (Å²) in [5, 5.41) is 15.2. The van der Waals surface area contributed by atoms with Crippen molar-refractivity contribution in [2.45, 2.75) is 13.0 Å². The number of piperazine rings is 1. The summed E-state index contributed by atoms with van der Waals surface area (Å²) in [6.07, 6.45) is 2.01. The number of rotatable bonds is 5. The monoisotopic (exact) mass is 498 g/mol. The molecule has 2 amide bonds. The van der Waals surface area contributed by atoms with Crippen LogP contribution < -0.4 is 20.1 Å². The first kappa shape index (κ1) is 25.4. The number of methoxy groups -OCH3 is 2. The lowest BCUT2D eigenvalue weighted by molar-refractivity contribution is 0.135. The van der Waals surface area contributed by atoms with Gasteiger partial charge >= 0.3 is 6.03 Å². The molecule has 190 valence electrons. The van der Waals surface area contributed by atoms with Crippen LogP contribution in [0.4, 0.5) is 16.2 Å². The molecule has 4 rings (SSSR count). The molecule has 9 heteroatoms. The maximum Gasteiger partial charge on any atom is 0.322 e. The van der Waals surface area contributed by atoms with E-state index in [0.29, 0.717) is 42.8 Å². The van der Waals surface area contributed by atoms with Gasteiger partial charge in [-0.3, -0.25) is 5.32 Å². The topological polar surface area (TPSA) is 102 Å². The van der Waals surface area contributed by atoms with Crippen LogP contribution in [0.15, 0.2) is 77.8 Å². The van der Waals surface area contributed by atoms with Crippen LogP contribution in [0.25, 0.3) is 0 Å². The number of aryl methyl sites for hydroxylation is 1. The Morgan fingerprint density at radius 1 is 1.00 bits per heavy atom. The first-order valence-electron chi connectivity index (χ1n) is 11.9. The van der Waals surface area contributed by atoms with Crippen molar-refractivity contribution >= 4 is 23.4 Å². The molecule has 37 heavy (non-hydrogen) atoms. The minimum absolute atomic E-state index is 0.230. The zero-order valence-electron chi connectivity index (χ0n) is 21.1. The van der Waals surface area contributed by atoms with Gasteiger partial charge in [-0.25, -0.2) is 9.79 Å². The third kappa shape index (κ3) is 5.93. The van der Waals surface area contributed by atoms with Gasteiger partial charge in [0.1, 0.15) is 0 Å². The molecule has 1 saturated heterocycles. The maximum absolute atomic E-state index is 13.5. The molecule has 1 atom stereocenters. The number of urea groups is 1. The summed E-state index contributed by atoms with van der Waals surface area (Å²) in [5.41, 5.74) is 3.38. The normalized spacial score (nSPS) is 15.5. The van der Waals surface area contributed by atoms with Crippen molar-refractivity contribution in [3.05, 3.63) is 83.9 Å². The number of ether oxygens (including phenoxy) is 2. The van der Waals surface area contributed by atoms with E-state index in [9.17, 15) is 10.1 Å². The number of guanidine groups is 1. The van der Waals surface area contributed by atoms with Crippen molar-refractivity contribution in [2.75, 3.05) is 39.2 Å². The average Bonchev–Trinajstić information content (AvgIpc) is 2.94. The first-order chi connectivity index (χ1) is 18.0. The molecular weight excluding hydrogens is 468 g/mol. The SMILES string of the molecule is COc1ccc(NC(=O)N2CCN(C(=Nc3ccccc3C)NC#N)CC2c2ccccc2)cc1OC. The fourth-order valence-electron chi connectivity index (χ4n) is 4.32. The van der Waals surface area contributed by atoms with Gasteiger partial charge in [-0.15, -0.1) is 0 Å².